The summed E-state index contributed by atoms with van der Waals surface area (Å²) < 4.78 is 0. The Kier molecular flexibility index (Phi) is 4.09. The lowest BCUT2D eigenvalue weighted by molar-refractivity contribution is 1.15. The van der Waals surface area contributed by atoms with Gasteiger partial charge in [-0.1, -0.05) is 35.3 Å². The molecule has 0 bridgehead atoms. The Labute approximate surface area is 116 Å². The van der Waals surface area contributed by atoms with E-state index in [0.29, 0.717) is 22.2 Å². The number of benzene rings is 2. The van der Waals surface area contributed by atoms with E-state index in [4.69, 9.17) is 28.5 Å². The van der Waals surface area contributed by atoms with Crippen LogP contribution in [-0.2, 0) is 6.54 Å². The molecule has 0 amide bonds. The largest absolute Gasteiger partial charge is 0.380 e. The predicted octanol–water partition coefficient (Wildman–Crippen LogP) is 4.48. The number of rotatable bonds is 3. The first-order valence-corrected chi connectivity index (χ1v) is 6.12. The summed E-state index contributed by atoms with van der Waals surface area (Å²) in [4.78, 5) is 0. The Morgan fingerprint density at radius 2 is 1.72 bits per heavy atom. The summed E-state index contributed by atoms with van der Waals surface area (Å²) in [6.45, 7) is 0.568. The topological polar surface area (TPSA) is 35.8 Å². The second-order valence-corrected chi connectivity index (χ2v) is 4.66. The second-order valence-electron chi connectivity index (χ2n) is 3.79. The summed E-state index contributed by atoms with van der Waals surface area (Å²) in [5.74, 6) is 0. The maximum atomic E-state index is 8.97. The molecule has 0 heterocycles. The first-order valence-electron chi connectivity index (χ1n) is 5.37. The summed E-state index contributed by atoms with van der Waals surface area (Å²) in [5.41, 5.74) is 2.39. The van der Waals surface area contributed by atoms with Crippen molar-refractivity contribution in [2.45, 2.75) is 6.54 Å². The molecule has 0 aromatic heterocycles. The fourth-order valence-corrected chi connectivity index (χ4v) is 2.22. The summed E-state index contributed by atoms with van der Waals surface area (Å²) in [7, 11) is 0. The Morgan fingerprint density at radius 3 is 2.39 bits per heavy atom. The molecule has 0 aliphatic heterocycles. The zero-order chi connectivity index (χ0) is 13.0. The van der Waals surface area contributed by atoms with Gasteiger partial charge < -0.3 is 5.32 Å². The molecule has 0 fully saturated rings. The molecule has 18 heavy (non-hydrogen) atoms. The lowest BCUT2D eigenvalue weighted by Crippen LogP contribution is -2.01. The first-order chi connectivity index (χ1) is 8.69. The predicted molar refractivity (Wildman–Crippen MR) is 74.9 cm³/mol. The summed E-state index contributed by atoms with van der Waals surface area (Å²) in [6, 6.07) is 14.9. The van der Waals surface area contributed by atoms with Gasteiger partial charge in [0.15, 0.2) is 0 Å². The van der Waals surface area contributed by atoms with Gasteiger partial charge in [0.1, 0.15) is 6.07 Å². The van der Waals surface area contributed by atoms with E-state index in [9.17, 15) is 0 Å². The fraction of sp³-hybridized carbons (Fsp3) is 0.0714. The zero-order valence-electron chi connectivity index (χ0n) is 9.45. The van der Waals surface area contributed by atoms with Gasteiger partial charge >= 0.3 is 0 Å². The monoisotopic (exact) mass is 276 g/mol. The van der Waals surface area contributed by atoms with Crippen molar-refractivity contribution < 1.29 is 0 Å². The van der Waals surface area contributed by atoms with Crippen LogP contribution in [0.4, 0.5) is 5.69 Å². The molecular formula is C14H10Cl2N2. The van der Waals surface area contributed by atoms with Crippen LogP contribution in [0.15, 0.2) is 42.5 Å². The standard InChI is InChI=1S/C14H10Cl2N2/c15-12-5-10(6-13(16)7-12)9-18-14-4-2-1-3-11(14)8-17/h1-7,18H,9H2. The quantitative estimate of drug-likeness (QED) is 0.898. The van der Waals surface area contributed by atoms with Gasteiger partial charge in [0.25, 0.3) is 0 Å². The van der Waals surface area contributed by atoms with Crippen molar-refractivity contribution in [2.75, 3.05) is 5.32 Å². The smallest absolute Gasteiger partial charge is 0.101 e. The Morgan fingerprint density at radius 1 is 1.06 bits per heavy atom. The van der Waals surface area contributed by atoms with Crippen LogP contribution in [0.1, 0.15) is 11.1 Å². The first kappa shape index (κ1) is 12.8. The molecule has 0 aliphatic carbocycles. The summed E-state index contributed by atoms with van der Waals surface area (Å²) in [5, 5.41) is 13.4. The normalized spacial score (nSPS) is 9.83. The maximum absolute atomic E-state index is 8.97. The van der Waals surface area contributed by atoms with Gasteiger partial charge in [0.05, 0.1) is 11.3 Å². The van der Waals surface area contributed by atoms with Crippen molar-refractivity contribution in [3.63, 3.8) is 0 Å². The average molecular weight is 277 g/mol. The minimum absolute atomic E-state index is 0.568. The molecule has 0 radical (unpaired) electrons. The molecule has 0 atom stereocenters. The molecule has 2 nitrogen and oxygen atoms in total. The van der Waals surface area contributed by atoms with Gasteiger partial charge in [-0.2, -0.15) is 5.26 Å². The van der Waals surface area contributed by atoms with Gasteiger partial charge in [-0.3, -0.25) is 0 Å². The molecule has 2 rings (SSSR count). The van der Waals surface area contributed by atoms with Crippen LogP contribution in [-0.4, -0.2) is 0 Å². The van der Waals surface area contributed by atoms with Crippen LogP contribution in [0.3, 0.4) is 0 Å². The molecule has 2 aromatic rings. The Bertz CT molecular complexity index is 583. The van der Waals surface area contributed by atoms with E-state index < -0.39 is 0 Å². The minimum atomic E-state index is 0.568. The van der Waals surface area contributed by atoms with Crippen LogP contribution in [0.5, 0.6) is 0 Å². The Hall–Kier alpha value is -1.69. The number of hydrogen-bond donors (Lipinski definition) is 1. The third-order valence-electron chi connectivity index (χ3n) is 2.45. The van der Waals surface area contributed by atoms with E-state index in [2.05, 4.69) is 11.4 Å². The SMILES string of the molecule is N#Cc1ccccc1NCc1cc(Cl)cc(Cl)c1. The number of nitriles is 1. The highest BCUT2D eigenvalue weighted by molar-refractivity contribution is 6.34. The minimum Gasteiger partial charge on any atom is -0.380 e. The van der Waals surface area contributed by atoms with Crippen LogP contribution >= 0.6 is 23.2 Å². The van der Waals surface area contributed by atoms with E-state index in [1.807, 2.05) is 30.3 Å². The number of anilines is 1. The third-order valence-corrected chi connectivity index (χ3v) is 2.89. The van der Waals surface area contributed by atoms with Crippen LogP contribution < -0.4 is 5.32 Å². The molecule has 1 N–H and O–H groups in total. The van der Waals surface area contributed by atoms with Crippen molar-refractivity contribution in [1.82, 2.24) is 0 Å². The van der Waals surface area contributed by atoms with Gasteiger partial charge in [0.2, 0.25) is 0 Å². The zero-order valence-corrected chi connectivity index (χ0v) is 11.0. The van der Waals surface area contributed by atoms with Crippen LogP contribution in [0.2, 0.25) is 10.0 Å². The van der Waals surface area contributed by atoms with Crippen molar-refractivity contribution in [2.24, 2.45) is 0 Å². The van der Waals surface area contributed by atoms with E-state index >= 15 is 0 Å². The van der Waals surface area contributed by atoms with E-state index in [-0.39, 0.29) is 0 Å². The highest BCUT2D eigenvalue weighted by Crippen LogP contribution is 2.20. The lowest BCUT2D eigenvalue weighted by Gasteiger charge is -2.08. The number of halogens is 2. The summed E-state index contributed by atoms with van der Waals surface area (Å²) in [6.07, 6.45) is 0. The number of nitrogens with zero attached hydrogens (tertiary/aromatic N) is 1. The molecule has 0 spiro atoms. The molecule has 90 valence electrons. The molecule has 0 saturated heterocycles. The molecule has 0 aliphatic rings. The van der Waals surface area contributed by atoms with Crippen LogP contribution in [0.25, 0.3) is 0 Å². The third kappa shape index (κ3) is 3.16. The Balaban J connectivity index is 2.14. The highest BCUT2D eigenvalue weighted by atomic mass is 35.5. The van der Waals surface area contributed by atoms with Crippen molar-refractivity contribution in [1.29, 1.82) is 5.26 Å². The number of para-hydroxylation sites is 1. The molecule has 0 unspecified atom stereocenters. The molecule has 0 saturated carbocycles. The average Bonchev–Trinajstić information content (AvgIpc) is 2.35. The second kappa shape index (κ2) is 5.77. The molecule has 2 aromatic carbocycles. The summed E-state index contributed by atoms with van der Waals surface area (Å²) >= 11 is 11.9. The van der Waals surface area contributed by atoms with E-state index in [1.54, 1.807) is 12.1 Å². The van der Waals surface area contributed by atoms with Crippen LogP contribution in [0, 0.1) is 11.3 Å². The number of nitrogens with one attached hydrogen (secondary N) is 1. The van der Waals surface area contributed by atoms with Gasteiger partial charge in [-0.15, -0.1) is 0 Å². The van der Waals surface area contributed by atoms with Crippen molar-refractivity contribution in [3.8, 4) is 6.07 Å². The van der Waals surface area contributed by atoms with E-state index in [1.165, 1.54) is 0 Å². The molecular weight excluding hydrogens is 267 g/mol. The highest BCUT2D eigenvalue weighted by Gasteiger charge is 2.02. The number of hydrogen-bond acceptors (Lipinski definition) is 2. The van der Waals surface area contributed by atoms with Gasteiger partial charge in [0, 0.05) is 16.6 Å². The maximum Gasteiger partial charge on any atom is 0.101 e. The van der Waals surface area contributed by atoms with Crippen molar-refractivity contribution in [3.05, 3.63) is 63.6 Å². The van der Waals surface area contributed by atoms with Crippen molar-refractivity contribution >= 4 is 28.9 Å². The van der Waals surface area contributed by atoms with Gasteiger partial charge in [-0.25, -0.2) is 0 Å². The van der Waals surface area contributed by atoms with Gasteiger partial charge in [-0.05, 0) is 35.9 Å². The molecule has 4 heteroatoms. The lowest BCUT2D eigenvalue weighted by atomic mass is 10.1. The van der Waals surface area contributed by atoms with E-state index in [0.717, 1.165) is 11.3 Å². The fourth-order valence-electron chi connectivity index (χ4n) is 1.65.